The van der Waals surface area contributed by atoms with Crippen LogP contribution < -0.4 is 15.4 Å². The number of nitrogens with one attached hydrogen (secondary N) is 2. The maximum atomic E-state index is 11.8. The number of hydrogen-bond acceptors (Lipinski definition) is 3. The lowest BCUT2D eigenvalue weighted by Gasteiger charge is -2.11. The Hall–Kier alpha value is -2.04. The molecule has 5 nitrogen and oxygen atoms in total. The van der Waals surface area contributed by atoms with Gasteiger partial charge in [-0.15, -0.1) is 0 Å². The molecule has 0 aromatic heterocycles. The van der Waals surface area contributed by atoms with Crippen LogP contribution in [0.1, 0.15) is 32.8 Å². The molecule has 0 saturated carbocycles. The average Bonchev–Trinajstić information content (AvgIpc) is 2.50. The van der Waals surface area contributed by atoms with Crippen LogP contribution in [0.15, 0.2) is 24.3 Å². The van der Waals surface area contributed by atoms with Crippen LogP contribution in [-0.2, 0) is 16.0 Å². The normalized spacial score (nSPS) is 10.4. The Labute approximate surface area is 132 Å². The van der Waals surface area contributed by atoms with Gasteiger partial charge in [0.2, 0.25) is 11.8 Å². The summed E-state index contributed by atoms with van der Waals surface area (Å²) in [5.41, 5.74) is 1.03. The molecule has 2 N–H and O–H groups in total. The van der Waals surface area contributed by atoms with Gasteiger partial charge in [-0.05, 0) is 25.0 Å². The van der Waals surface area contributed by atoms with Gasteiger partial charge in [0.25, 0.3) is 0 Å². The fraction of sp³-hybridized carbons (Fsp3) is 0.529. The highest BCUT2D eigenvalue weighted by molar-refractivity contribution is 5.78. The minimum absolute atomic E-state index is 0.000101. The lowest BCUT2D eigenvalue weighted by atomic mass is 10.1. The lowest BCUT2D eigenvalue weighted by Crippen LogP contribution is -2.36. The maximum absolute atomic E-state index is 11.8. The number of carbonyl (C=O) groups excluding carboxylic acids is 2. The van der Waals surface area contributed by atoms with Crippen LogP contribution in [0.3, 0.4) is 0 Å². The number of aryl methyl sites for hydroxylation is 1. The number of amides is 2. The van der Waals surface area contributed by atoms with E-state index in [0.717, 1.165) is 11.3 Å². The minimum atomic E-state index is -0.0363. The number of benzene rings is 1. The van der Waals surface area contributed by atoms with Crippen molar-refractivity contribution >= 4 is 11.8 Å². The second-order valence-electron chi connectivity index (χ2n) is 5.34. The van der Waals surface area contributed by atoms with Crippen molar-refractivity contribution in [1.82, 2.24) is 10.6 Å². The smallest absolute Gasteiger partial charge is 0.222 e. The van der Waals surface area contributed by atoms with Gasteiger partial charge in [-0.3, -0.25) is 9.59 Å². The van der Waals surface area contributed by atoms with Gasteiger partial charge in [0, 0.05) is 25.4 Å². The molecule has 0 atom stereocenters. The number of para-hydroxylation sites is 1. The zero-order valence-corrected chi connectivity index (χ0v) is 13.6. The lowest BCUT2D eigenvalue weighted by molar-refractivity contribution is -0.124. The van der Waals surface area contributed by atoms with E-state index < -0.39 is 0 Å². The van der Waals surface area contributed by atoms with Gasteiger partial charge in [-0.1, -0.05) is 32.0 Å². The van der Waals surface area contributed by atoms with Crippen molar-refractivity contribution in [3.05, 3.63) is 29.8 Å². The molecule has 0 radical (unpaired) electrons. The first-order valence-electron chi connectivity index (χ1n) is 7.79. The van der Waals surface area contributed by atoms with Crippen LogP contribution in [0.2, 0.25) is 0 Å². The summed E-state index contributed by atoms with van der Waals surface area (Å²) >= 11 is 0. The van der Waals surface area contributed by atoms with E-state index >= 15 is 0 Å². The highest BCUT2D eigenvalue weighted by atomic mass is 16.5. The molecule has 0 saturated heterocycles. The Balaban J connectivity index is 2.27. The Morgan fingerprint density at radius 2 is 1.82 bits per heavy atom. The molecule has 0 aliphatic rings. The molecule has 0 spiro atoms. The standard InChI is InChI=1S/C17H26N2O3/c1-4-22-15-8-6-5-7-14(15)9-10-16(20)18-11-12-19-17(21)13(2)3/h5-8,13H,4,9-12H2,1-3H3,(H,18,20)(H,19,21). The zero-order valence-electron chi connectivity index (χ0n) is 13.6. The van der Waals surface area contributed by atoms with Gasteiger partial charge in [0.15, 0.2) is 0 Å². The molecular weight excluding hydrogens is 280 g/mol. The number of rotatable bonds is 9. The summed E-state index contributed by atoms with van der Waals surface area (Å²) in [6, 6.07) is 7.75. The summed E-state index contributed by atoms with van der Waals surface area (Å²) in [6.45, 7) is 7.13. The van der Waals surface area contributed by atoms with Crippen LogP contribution >= 0.6 is 0 Å². The molecule has 0 aliphatic heterocycles. The molecule has 22 heavy (non-hydrogen) atoms. The first-order chi connectivity index (χ1) is 10.5. The second-order valence-corrected chi connectivity index (χ2v) is 5.34. The predicted octanol–water partition coefficient (Wildman–Crippen LogP) is 1.91. The van der Waals surface area contributed by atoms with Crippen LogP contribution in [0.4, 0.5) is 0 Å². The summed E-state index contributed by atoms with van der Waals surface area (Å²) in [5, 5.41) is 5.57. The summed E-state index contributed by atoms with van der Waals surface area (Å²) in [5.74, 6) is 0.776. The van der Waals surface area contributed by atoms with E-state index in [0.29, 0.717) is 32.5 Å². The van der Waals surface area contributed by atoms with Crippen molar-refractivity contribution in [3.63, 3.8) is 0 Å². The third-order valence-corrected chi connectivity index (χ3v) is 3.16. The SMILES string of the molecule is CCOc1ccccc1CCC(=O)NCCNC(=O)C(C)C. The van der Waals surface area contributed by atoms with Gasteiger partial charge in [0.05, 0.1) is 6.61 Å². The predicted molar refractivity (Wildman–Crippen MR) is 86.8 cm³/mol. The van der Waals surface area contributed by atoms with E-state index in [1.54, 1.807) is 0 Å². The molecule has 1 aromatic carbocycles. The molecular formula is C17H26N2O3. The van der Waals surface area contributed by atoms with Crippen molar-refractivity contribution < 1.29 is 14.3 Å². The Morgan fingerprint density at radius 3 is 2.50 bits per heavy atom. The summed E-state index contributed by atoms with van der Waals surface area (Å²) < 4.78 is 5.54. The van der Waals surface area contributed by atoms with E-state index in [-0.39, 0.29) is 17.7 Å². The average molecular weight is 306 g/mol. The number of carbonyl (C=O) groups is 2. The van der Waals surface area contributed by atoms with Crippen molar-refractivity contribution in [3.8, 4) is 5.75 Å². The van der Waals surface area contributed by atoms with E-state index in [2.05, 4.69) is 10.6 Å². The molecule has 0 bridgehead atoms. The van der Waals surface area contributed by atoms with Crippen molar-refractivity contribution in [2.75, 3.05) is 19.7 Å². The van der Waals surface area contributed by atoms with Gasteiger partial charge in [0.1, 0.15) is 5.75 Å². The zero-order chi connectivity index (χ0) is 16.4. The van der Waals surface area contributed by atoms with Crippen molar-refractivity contribution in [2.45, 2.75) is 33.6 Å². The molecule has 5 heteroatoms. The second kappa shape index (κ2) is 9.82. The Morgan fingerprint density at radius 1 is 1.14 bits per heavy atom. The largest absolute Gasteiger partial charge is 0.494 e. The van der Waals surface area contributed by atoms with E-state index in [1.165, 1.54) is 0 Å². The molecule has 0 unspecified atom stereocenters. The van der Waals surface area contributed by atoms with Crippen molar-refractivity contribution in [1.29, 1.82) is 0 Å². The van der Waals surface area contributed by atoms with Crippen LogP contribution in [0, 0.1) is 5.92 Å². The Bertz CT molecular complexity index is 487. The quantitative estimate of drug-likeness (QED) is 0.685. The minimum Gasteiger partial charge on any atom is -0.494 e. The third-order valence-electron chi connectivity index (χ3n) is 3.16. The molecule has 0 fully saturated rings. The first-order valence-corrected chi connectivity index (χ1v) is 7.79. The topological polar surface area (TPSA) is 67.4 Å². The summed E-state index contributed by atoms with van der Waals surface area (Å²) in [6.07, 6.45) is 1.04. The third kappa shape index (κ3) is 6.61. The summed E-state index contributed by atoms with van der Waals surface area (Å²) in [4.78, 5) is 23.2. The van der Waals surface area contributed by atoms with Crippen LogP contribution in [-0.4, -0.2) is 31.5 Å². The first kappa shape index (κ1) is 18.0. The van der Waals surface area contributed by atoms with E-state index in [1.807, 2.05) is 45.0 Å². The molecule has 2 amide bonds. The number of ether oxygens (including phenoxy) is 1. The fourth-order valence-corrected chi connectivity index (χ4v) is 1.94. The van der Waals surface area contributed by atoms with E-state index in [4.69, 9.17) is 4.74 Å². The van der Waals surface area contributed by atoms with E-state index in [9.17, 15) is 9.59 Å². The van der Waals surface area contributed by atoms with Gasteiger partial charge >= 0.3 is 0 Å². The molecule has 0 heterocycles. The number of hydrogen-bond donors (Lipinski definition) is 2. The Kier molecular flexibility index (Phi) is 8.04. The van der Waals surface area contributed by atoms with Gasteiger partial charge in [-0.2, -0.15) is 0 Å². The highest BCUT2D eigenvalue weighted by Gasteiger charge is 2.07. The van der Waals surface area contributed by atoms with Crippen LogP contribution in [0.5, 0.6) is 5.75 Å². The molecule has 122 valence electrons. The monoisotopic (exact) mass is 306 g/mol. The van der Waals surface area contributed by atoms with Gasteiger partial charge < -0.3 is 15.4 Å². The molecule has 0 aliphatic carbocycles. The maximum Gasteiger partial charge on any atom is 0.222 e. The van der Waals surface area contributed by atoms with Crippen LogP contribution in [0.25, 0.3) is 0 Å². The molecule has 1 aromatic rings. The highest BCUT2D eigenvalue weighted by Crippen LogP contribution is 2.19. The fourth-order valence-electron chi connectivity index (χ4n) is 1.94. The van der Waals surface area contributed by atoms with Crippen molar-refractivity contribution in [2.24, 2.45) is 5.92 Å². The van der Waals surface area contributed by atoms with Gasteiger partial charge in [-0.25, -0.2) is 0 Å². The summed E-state index contributed by atoms with van der Waals surface area (Å²) in [7, 11) is 0. The molecule has 1 rings (SSSR count).